The fraction of sp³-hybridized carbons (Fsp3) is 0.625. The Labute approximate surface area is 126 Å². The van der Waals surface area contributed by atoms with Crippen molar-refractivity contribution in [1.29, 1.82) is 0 Å². The molecule has 0 N–H and O–H groups in total. The summed E-state index contributed by atoms with van der Waals surface area (Å²) in [6.45, 7) is 3.25. The summed E-state index contributed by atoms with van der Waals surface area (Å²) >= 11 is 0. The molecule has 2 aliphatic heterocycles. The fourth-order valence-electron chi connectivity index (χ4n) is 3.59. The molecule has 0 bridgehead atoms. The Morgan fingerprint density at radius 2 is 2.19 bits per heavy atom. The summed E-state index contributed by atoms with van der Waals surface area (Å²) in [5.41, 5.74) is 0.951. The number of hydrogen-bond donors (Lipinski definition) is 0. The molecule has 1 amide bonds. The van der Waals surface area contributed by atoms with E-state index in [1.165, 1.54) is 0 Å². The van der Waals surface area contributed by atoms with Crippen molar-refractivity contribution in [3.05, 3.63) is 24.5 Å². The molecule has 0 aliphatic carbocycles. The average Bonchev–Trinajstić information content (AvgIpc) is 2.89. The summed E-state index contributed by atoms with van der Waals surface area (Å²) in [6.07, 6.45) is 6.27. The summed E-state index contributed by atoms with van der Waals surface area (Å²) in [6, 6.07) is 4.72. The van der Waals surface area contributed by atoms with E-state index in [2.05, 4.69) is 28.9 Å². The van der Waals surface area contributed by atoms with Gasteiger partial charge in [-0.05, 0) is 39.1 Å². The SMILES string of the molecule is CN(C)CCN1CC[C@@H]2[C@H]1CCC(=O)N2c1cccnc1. The van der Waals surface area contributed by atoms with Gasteiger partial charge in [0.15, 0.2) is 0 Å². The Bertz CT molecular complexity index is 490. The monoisotopic (exact) mass is 288 g/mol. The molecular weight excluding hydrogens is 264 g/mol. The number of likely N-dealkylation sites (tertiary alicyclic amines) is 1. The molecule has 0 aromatic carbocycles. The van der Waals surface area contributed by atoms with Crippen LogP contribution < -0.4 is 4.90 Å². The van der Waals surface area contributed by atoms with Gasteiger partial charge in [-0.15, -0.1) is 0 Å². The van der Waals surface area contributed by atoms with Crippen LogP contribution in [-0.2, 0) is 4.79 Å². The first kappa shape index (κ1) is 14.5. The average molecular weight is 288 g/mol. The first-order valence-corrected chi connectivity index (χ1v) is 7.77. The number of hydrogen-bond acceptors (Lipinski definition) is 4. The van der Waals surface area contributed by atoms with Crippen LogP contribution in [-0.4, -0.2) is 66.5 Å². The normalized spacial score (nSPS) is 26.4. The zero-order valence-corrected chi connectivity index (χ0v) is 12.9. The van der Waals surface area contributed by atoms with Crippen molar-refractivity contribution >= 4 is 11.6 Å². The lowest BCUT2D eigenvalue weighted by atomic mass is 9.95. The van der Waals surface area contributed by atoms with Crippen LogP contribution >= 0.6 is 0 Å². The predicted molar refractivity (Wildman–Crippen MR) is 83.3 cm³/mol. The second kappa shape index (κ2) is 6.12. The second-order valence-electron chi connectivity index (χ2n) is 6.28. The van der Waals surface area contributed by atoms with E-state index in [0.717, 1.165) is 38.2 Å². The molecule has 0 spiro atoms. The standard InChI is InChI=1S/C16H24N4O/c1-18(2)10-11-19-9-7-15-14(19)5-6-16(21)20(15)13-4-3-8-17-12-13/h3-4,8,12,14-15H,5-7,9-11H2,1-2H3/t14-,15-/m1/s1. The predicted octanol–water partition coefficient (Wildman–Crippen LogP) is 1.21. The third kappa shape index (κ3) is 2.94. The van der Waals surface area contributed by atoms with Crippen molar-refractivity contribution in [3.8, 4) is 0 Å². The highest BCUT2D eigenvalue weighted by atomic mass is 16.2. The van der Waals surface area contributed by atoms with E-state index in [9.17, 15) is 4.79 Å². The molecular formula is C16H24N4O. The Kier molecular flexibility index (Phi) is 4.22. The third-order valence-electron chi connectivity index (χ3n) is 4.64. The number of pyridine rings is 1. The highest BCUT2D eigenvalue weighted by Crippen LogP contribution is 2.34. The molecule has 2 fully saturated rings. The Morgan fingerprint density at radius 3 is 2.90 bits per heavy atom. The van der Waals surface area contributed by atoms with Gasteiger partial charge in [-0.1, -0.05) is 0 Å². The number of carbonyl (C=O) groups excluding carboxylic acids is 1. The van der Waals surface area contributed by atoms with Crippen molar-refractivity contribution in [3.63, 3.8) is 0 Å². The molecule has 2 saturated heterocycles. The van der Waals surface area contributed by atoms with Crippen LogP contribution in [0.25, 0.3) is 0 Å². The first-order valence-electron chi connectivity index (χ1n) is 7.77. The maximum atomic E-state index is 12.4. The van der Waals surface area contributed by atoms with Gasteiger partial charge in [-0.3, -0.25) is 14.7 Å². The largest absolute Gasteiger partial charge is 0.308 e. The molecule has 21 heavy (non-hydrogen) atoms. The molecule has 114 valence electrons. The summed E-state index contributed by atoms with van der Waals surface area (Å²) in [4.78, 5) is 23.3. The summed E-state index contributed by atoms with van der Waals surface area (Å²) in [5.74, 6) is 0.249. The van der Waals surface area contributed by atoms with Gasteiger partial charge in [0, 0.05) is 38.3 Å². The quantitative estimate of drug-likeness (QED) is 0.835. The van der Waals surface area contributed by atoms with E-state index in [0.29, 0.717) is 18.5 Å². The molecule has 0 unspecified atom stereocenters. The lowest BCUT2D eigenvalue weighted by Gasteiger charge is -2.39. The maximum absolute atomic E-state index is 12.4. The minimum Gasteiger partial charge on any atom is -0.308 e. The number of fused-ring (bicyclic) bond motifs is 1. The smallest absolute Gasteiger partial charge is 0.227 e. The van der Waals surface area contributed by atoms with E-state index >= 15 is 0 Å². The van der Waals surface area contributed by atoms with Crippen molar-refractivity contribution in [1.82, 2.24) is 14.8 Å². The lowest BCUT2D eigenvalue weighted by Crippen LogP contribution is -2.53. The molecule has 2 atom stereocenters. The molecule has 1 aromatic heterocycles. The number of rotatable bonds is 4. The van der Waals surface area contributed by atoms with Crippen LogP contribution in [0.3, 0.4) is 0 Å². The van der Waals surface area contributed by atoms with Crippen LogP contribution in [0.2, 0.25) is 0 Å². The Balaban J connectivity index is 1.76. The van der Waals surface area contributed by atoms with Gasteiger partial charge in [0.2, 0.25) is 5.91 Å². The highest BCUT2D eigenvalue weighted by molar-refractivity contribution is 5.95. The molecule has 5 heteroatoms. The summed E-state index contributed by atoms with van der Waals surface area (Å²) in [7, 11) is 4.22. The van der Waals surface area contributed by atoms with Crippen molar-refractivity contribution in [2.75, 3.05) is 38.6 Å². The number of amides is 1. The summed E-state index contributed by atoms with van der Waals surface area (Å²) < 4.78 is 0. The van der Waals surface area contributed by atoms with E-state index in [1.54, 1.807) is 6.20 Å². The number of likely N-dealkylation sites (N-methyl/N-ethyl adjacent to an activating group) is 1. The zero-order valence-electron chi connectivity index (χ0n) is 12.9. The van der Waals surface area contributed by atoms with Crippen LogP contribution in [0, 0.1) is 0 Å². The first-order chi connectivity index (χ1) is 10.2. The fourth-order valence-corrected chi connectivity index (χ4v) is 3.59. The number of aromatic nitrogens is 1. The molecule has 0 saturated carbocycles. The van der Waals surface area contributed by atoms with Crippen LogP contribution in [0.4, 0.5) is 5.69 Å². The van der Waals surface area contributed by atoms with Gasteiger partial charge >= 0.3 is 0 Å². The molecule has 5 nitrogen and oxygen atoms in total. The van der Waals surface area contributed by atoms with Gasteiger partial charge in [0.25, 0.3) is 0 Å². The number of carbonyl (C=O) groups is 1. The van der Waals surface area contributed by atoms with Gasteiger partial charge in [0.05, 0.1) is 17.9 Å². The maximum Gasteiger partial charge on any atom is 0.227 e. The minimum atomic E-state index is 0.249. The van der Waals surface area contributed by atoms with Gasteiger partial charge in [-0.25, -0.2) is 0 Å². The van der Waals surface area contributed by atoms with Gasteiger partial charge in [0.1, 0.15) is 0 Å². The zero-order chi connectivity index (χ0) is 14.8. The van der Waals surface area contributed by atoms with Crippen molar-refractivity contribution in [2.45, 2.75) is 31.3 Å². The van der Waals surface area contributed by atoms with Crippen molar-refractivity contribution in [2.24, 2.45) is 0 Å². The highest BCUT2D eigenvalue weighted by Gasteiger charge is 2.43. The topological polar surface area (TPSA) is 39.7 Å². The van der Waals surface area contributed by atoms with Gasteiger partial charge in [-0.2, -0.15) is 0 Å². The number of nitrogens with zero attached hydrogens (tertiary/aromatic N) is 4. The van der Waals surface area contributed by atoms with Gasteiger partial charge < -0.3 is 9.80 Å². The number of piperidine rings is 1. The third-order valence-corrected chi connectivity index (χ3v) is 4.64. The van der Waals surface area contributed by atoms with E-state index < -0.39 is 0 Å². The van der Waals surface area contributed by atoms with Crippen LogP contribution in [0.5, 0.6) is 0 Å². The van der Waals surface area contributed by atoms with Crippen molar-refractivity contribution < 1.29 is 4.79 Å². The van der Waals surface area contributed by atoms with Crippen LogP contribution in [0.15, 0.2) is 24.5 Å². The molecule has 1 aromatic rings. The van der Waals surface area contributed by atoms with E-state index in [4.69, 9.17) is 0 Å². The molecule has 3 heterocycles. The molecule has 3 rings (SSSR count). The Morgan fingerprint density at radius 1 is 1.33 bits per heavy atom. The van der Waals surface area contributed by atoms with E-state index in [-0.39, 0.29) is 5.91 Å². The lowest BCUT2D eigenvalue weighted by molar-refractivity contribution is -0.120. The van der Waals surface area contributed by atoms with E-state index in [1.807, 2.05) is 23.2 Å². The number of anilines is 1. The Hall–Kier alpha value is -1.46. The second-order valence-corrected chi connectivity index (χ2v) is 6.28. The molecule has 0 radical (unpaired) electrons. The van der Waals surface area contributed by atoms with Crippen LogP contribution in [0.1, 0.15) is 19.3 Å². The molecule has 2 aliphatic rings. The minimum absolute atomic E-state index is 0.249. The summed E-state index contributed by atoms with van der Waals surface area (Å²) in [5, 5.41) is 0.